The van der Waals surface area contributed by atoms with Crippen LogP contribution in [0.1, 0.15) is 5.56 Å². The molecule has 0 radical (unpaired) electrons. The van der Waals surface area contributed by atoms with E-state index < -0.39 is 0 Å². The maximum Gasteiger partial charge on any atom is 0.251 e. The molecule has 0 aliphatic heterocycles. The predicted octanol–water partition coefficient (Wildman–Crippen LogP) is 1.19. The highest BCUT2D eigenvalue weighted by molar-refractivity contribution is 7.99. The van der Waals surface area contributed by atoms with Crippen LogP contribution in [0.2, 0.25) is 0 Å². The smallest absolute Gasteiger partial charge is 0.251 e. The predicted molar refractivity (Wildman–Crippen MR) is 80.4 cm³/mol. The number of benzene rings is 1. The van der Waals surface area contributed by atoms with Crippen molar-refractivity contribution in [3.05, 3.63) is 52.4 Å². The van der Waals surface area contributed by atoms with Crippen LogP contribution in [0, 0.1) is 0 Å². The summed E-state index contributed by atoms with van der Waals surface area (Å²) in [5.74, 6) is 0.777. The molecule has 2 aromatic rings. The molecular formula is C14H15N3O3S. The number of ether oxygens (including phenoxy) is 1. The first-order valence-electron chi connectivity index (χ1n) is 6.26. The average Bonchev–Trinajstić information content (AvgIpc) is 2.51. The standard InChI is InChI=1S/C14H15N3O3S/c1-20-11-5-3-2-4-10(11)8-16-13(19)9-21-14-15-7-6-12(18)17-14/h2-7H,8-9H2,1H3,(H,16,19)(H,15,17,18). The van der Waals surface area contributed by atoms with Crippen molar-refractivity contribution in [3.63, 3.8) is 0 Å². The van der Waals surface area contributed by atoms with E-state index in [4.69, 9.17) is 4.74 Å². The number of nitrogens with zero attached hydrogens (tertiary/aromatic N) is 1. The molecule has 2 N–H and O–H groups in total. The van der Waals surface area contributed by atoms with Crippen molar-refractivity contribution in [2.75, 3.05) is 12.9 Å². The lowest BCUT2D eigenvalue weighted by atomic mass is 10.2. The zero-order valence-electron chi connectivity index (χ0n) is 11.5. The van der Waals surface area contributed by atoms with Gasteiger partial charge in [0.2, 0.25) is 5.91 Å². The first kappa shape index (κ1) is 15.1. The Hall–Kier alpha value is -2.28. The molecule has 2 rings (SSSR count). The molecule has 1 aromatic heterocycles. The molecule has 0 aliphatic carbocycles. The first-order chi connectivity index (χ1) is 10.2. The van der Waals surface area contributed by atoms with Gasteiger partial charge in [-0.1, -0.05) is 30.0 Å². The van der Waals surface area contributed by atoms with Gasteiger partial charge in [0.15, 0.2) is 5.16 Å². The van der Waals surface area contributed by atoms with Crippen molar-refractivity contribution in [2.45, 2.75) is 11.7 Å². The van der Waals surface area contributed by atoms with Gasteiger partial charge < -0.3 is 15.0 Å². The van der Waals surface area contributed by atoms with Crippen LogP contribution in [0.25, 0.3) is 0 Å². The van der Waals surface area contributed by atoms with Crippen molar-refractivity contribution in [3.8, 4) is 5.75 Å². The van der Waals surface area contributed by atoms with Crippen LogP contribution >= 0.6 is 11.8 Å². The summed E-state index contributed by atoms with van der Waals surface area (Å²) in [5.41, 5.74) is 0.673. The molecule has 0 atom stereocenters. The number of hydrogen-bond acceptors (Lipinski definition) is 5. The van der Waals surface area contributed by atoms with Crippen LogP contribution in [0.3, 0.4) is 0 Å². The van der Waals surface area contributed by atoms with Gasteiger partial charge in [0.1, 0.15) is 5.75 Å². The van der Waals surface area contributed by atoms with E-state index >= 15 is 0 Å². The Bertz CT molecular complexity index is 672. The van der Waals surface area contributed by atoms with Crippen molar-refractivity contribution in [1.82, 2.24) is 15.3 Å². The summed E-state index contributed by atoms with van der Waals surface area (Å²) >= 11 is 1.18. The highest BCUT2D eigenvalue weighted by Gasteiger charge is 2.06. The fourth-order valence-electron chi connectivity index (χ4n) is 1.65. The number of carbonyl (C=O) groups excluding carboxylic acids is 1. The largest absolute Gasteiger partial charge is 0.496 e. The molecular weight excluding hydrogens is 290 g/mol. The fraction of sp³-hybridized carbons (Fsp3) is 0.214. The van der Waals surface area contributed by atoms with Gasteiger partial charge in [-0.25, -0.2) is 4.98 Å². The summed E-state index contributed by atoms with van der Waals surface area (Å²) in [6.45, 7) is 0.391. The Morgan fingerprint density at radius 2 is 2.19 bits per heavy atom. The Kier molecular flexibility index (Phi) is 5.39. The summed E-state index contributed by atoms with van der Waals surface area (Å²) in [7, 11) is 1.59. The molecule has 6 nitrogen and oxygen atoms in total. The topological polar surface area (TPSA) is 84.1 Å². The molecule has 0 spiro atoms. The molecule has 7 heteroatoms. The summed E-state index contributed by atoms with van der Waals surface area (Å²) < 4.78 is 5.21. The van der Waals surface area contributed by atoms with Gasteiger partial charge in [0, 0.05) is 24.4 Å². The van der Waals surface area contributed by atoms with E-state index in [2.05, 4.69) is 15.3 Å². The Balaban J connectivity index is 1.84. The number of aromatic amines is 1. The molecule has 0 bridgehead atoms. The second-order valence-corrected chi connectivity index (χ2v) is 5.08. The first-order valence-corrected chi connectivity index (χ1v) is 7.24. The summed E-state index contributed by atoms with van der Waals surface area (Å²) in [5, 5.41) is 3.22. The molecule has 0 fully saturated rings. The lowest BCUT2D eigenvalue weighted by Gasteiger charge is -2.09. The number of methoxy groups -OCH3 is 1. The number of H-pyrrole nitrogens is 1. The van der Waals surface area contributed by atoms with E-state index in [0.29, 0.717) is 11.7 Å². The van der Waals surface area contributed by atoms with Gasteiger partial charge in [0.25, 0.3) is 5.56 Å². The summed E-state index contributed by atoms with van der Waals surface area (Å²) in [6.07, 6.45) is 1.41. The molecule has 1 aromatic carbocycles. The van der Waals surface area contributed by atoms with Gasteiger partial charge >= 0.3 is 0 Å². The normalized spacial score (nSPS) is 10.1. The Morgan fingerprint density at radius 3 is 2.95 bits per heavy atom. The van der Waals surface area contributed by atoms with Gasteiger partial charge in [-0.15, -0.1) is 0 Å². The molecule has 0 saturated heterocycles. The highest BCUT2D eigenvalue weighted by Crippen LogP contribution is 2.16. The number of rotatable bonds is 6. The van der Waals surface area contributed by atoms with E-state index in [-0.39, 0.29) is 17.2 Å². The van der Waals surface area contributed by atoms with Gasteiger partial charge in [-0.2, -0.15) is 0 Å². The number of nitrogens with one attached hydrogen (secondary N) is 2. The number of hydrogen-bond donors (Lipinski definition) is 2. The van der Waals surface area contributed by atoms with Crippen LogP contribution < -0.4 is 15.6 Å². The van der Waals surface area contributed by atoms with E-state index in [1.54, 1.807) is 7.11 Å². The maximum absolute atomic E-state index is 11.8. The molecule has 21 heavy (non-hydrogen) atoms. The number of amides is 1. The molecule has 0 aliphatic rings. The third-order valence-corrected chi connectivity index (χ3v) is 3.54. The van der Waals surface area contributed by atoms with Crippen LogP contribution in [0.15, 0.2) is 46.5 Å². The number of carbonyl (C=O) groups is 1. The van der Waals surface area contributed by atoms with E-state index in [9.17, 15) is 9.59 Å². The lowest BCUT2D eigenvalue weighted by molar-refractivity contribution is -0.118. The quantitative estimate of drug-likeness (QED) is 0.618. The molecule has 1 amide bonds. The second-order valence-electron chi connectivity index (χ2n) is 4.12. The molecule has 1 heterocycles. The number of thioether (sulfide) groups is 1. The van der Waals surface area contributed by atoms with Gasteiger partial charge in [-0.05, 0) is 6.07 Å². The van der Waals surface area contributed by atoms with Crippen molar-refractivity contribution < 1.29 is 9.53 Å². The minimum atomic E-state index is -0.234. The maximum atomic E-state index is 11.8. The summed E-state index contributed by atoms with van der Waals surface area (Å²) in [4.78, 5) is 29.4. The second kappa shape index (κ2) is 7.49. The van der Waals surface area contributed by atoms with Crippen LogP contribution in [0.4, 0.5) is 0 Å². The molecule has 110 valence electrons. The number of para-hydroxylation sites is 1. The monoisotopic (exact) mass is 305 g/mol. The van der Waals surface area contributed by atoms with E-state index in [1.807, 2.05) is 24.3 Å². The summed E-state index contributed by atoms with van der Waals surface area (Å²) in [6, 6.07) is 8.82. The average molecular weight is 305 g/mol. The fourth-order valence-corrected chi connectivity index (χ4v) is 2.33. The minimum absolute atomic E-state index is 0.141. The Labute approximate surface area is 125 Å². The van der Waals surface area contributed by atoms with Gasteiger partial charge in [-0.3, -0.25) is 9.59 Å². The van der Waals surface area contributed by atoms with E-state index in [1.165, 1.54) is 24.0 Å². The molecule has 0 saturated carbocycles. The third kappa shape index (κ3) is 4.64. The van der Waals surface area contributed by atoms with E-state index in [0.717, 1.165) is 11.3 Å². The van der Waals surface area contributed by atoms with Crippen LogP contribution in [0.5, 0.6) is 5.75 Å². The highest BCUT2D eigenvalue weighted by atomic mass is 32.2. The van der Waals surface area contributed by atoms with Gasteiger partial charge in [0.05, 0.1) is 12.9 Å². The molecule has 0 unspecified atom stereocenters. The third-order valence-electron chi connectivity index (χ3n) is 2.66. The Morgan fingerprint density at radius 1 is 1.38 bits per heavy atom. The van der Waals surface area contributed by atoms with Crippen LogP contribution in [-0.2, 0) is 11.3 Å². The zero-order chi connectivity index (χ0) is 15.1. The minimum Gasteiger partial charge on any atom is -0.496 e. The van der Waals surface area contributed by atoms with Crippen molar-refractivity contribution in [2.24, 2.45) is 0 Å². The number of aromatic nitrogens is 2. The zero-order valence-corrected chi connectivity index (χ0v) is 12.3. The van der Waals surface area contributed by atoms with Crippen molar-refractivity contribution in [1.29, 1.82) is 0 Å². The SMILES string of the molecule is COc1ccccc1CNC(=O)CSc1nccc(=O)[nH]1. The lowest BCUT2D eigenvalue weighted by Crippen LogP contribution is -2.25. The van der Waals surface area contributed by atoms with Crippen molar-refractivity contribution >= 4 is 17.7 Å². The van der Waals surface area contributed by atoms with Crippen LogP contribution in [-0.4, -0.2) is 28.7 Å².